The third kappa shape index (κ3) is 5.33. The van der Waals surface area contributed by atoms with Crippen LogP contribution in [0.25, 0.3) is 0 Å². The van der Waals surface area contributed by atoms with Crippen molar-refractivity contribution in [2.24, 2.45) is 0 Å². The van der Waals surface area contributed by atoms with Crippen molar-refractivity contribution in [2.75, 3.05) is 5.75 Å². The maximum atomic E-state index is 11.8. The normalized spacial score (nSPS) is 10.2. The quantitative estimate of drug-likeness (QED) is 0.690. The molecule has 0 unspecified atom stereocenters. The van der Waals surface area contributed by atoms with Gasteiger partial charge in [-0.1, -0.05) is 41.4 Å². The molecular formula is C16H14Cl2N2O3S. The minimum Gasteiger partial charge on any atom is -0.507 e. The number of carbonyl (C=O) groups is 2. The number of rotatable bonds is 5. The van der Waals surface area contributed by atoms with Crippen LogP contribution >= 0.6 is 35.0 Å². The van der Waals surface area contributed by atoms with Crippen molar-refractivity contribution in [2.45, 2.75) is 5.75 Å². The molecule has 0 spiro atoms. The SMILES string of the molecule is O=C(CSCc1ccc(Cl)cc1Cl)NNC(=O)c1ccccc1O. The number of phenolic OH excluding ortho intramolecular Hbond substituents is 1. The minimum absolute atomic E-state index is 0.0819. The number of halogens is 2. The van der Waals surface area contributed by atoms with Gasteiger partial charge in [0.25, 0.3) is 5.91 Å². The zero-order chi connectivity index (χ0) is 17.5. The Balaban J connectivity index is 1.75. The van der Waals surface area contributed by atoms with Crippen molar-refractivity contribution in [1.29, 1.82) is 0 Å². The highest BCUT2D eigenvalue weighted by Gasteiger charge is 2.11. The zero-order valence-electron chi connectivity index (χ0n) is 12.4. The summed E-state index contributed by atoms with van der Waals surface area (Å²) < 4.78 is 0. The lowest BCUT2D eigenvalue weighted by Crippen LogP contribution is -2.42. The van der Waals surface area contributed by atoms with Gasteiger partial charge in [0.15, 0.2) is 0 Å². The second kappa shape index (κ2) is 8.82. The predicted molar refractivity (Wildman–Crippen MR) is 96.3 cm³/mol. The first-order valence-electron chi connectivity index (χ1n) is 6.86. The standard InChI is InChI=1S/C16H14Cl2N2O3S/c17-11-6-5-10(13(18)7-11)8-24-9-15(22)19-20-16(23)12-3-1-2-4-14(12)21/h1-7,21H,8-9H2,(H,19,22)(H,20,23). The van der Waals surface area contributed by atoms with Crippen LogP contribution in [0.5, 0.6) is 5.75 Å². The van der Waals surface area contributed by atoms with Crippen LogP contribution < -0.4 is 10.9 Å². The van der Waals surface area contributed by atoms with Gasteiger partial charge in [-0.25, -0.2) is 0 Å². The fourth-order valence-corrected chi connectivity index (χ4v) is 3.17. The van der Waals surface area contributed by atoms with Gasteiger partial charge >= 0.3 is 0 Å². The van der Waals surface area contributed by atoms with Crippen molar-refractivity contribution in [3.8, 4) is 5.75 Å². The Kier molecular flexibility index (Phi) is 6.78. The van der Waals surface area contributed by atoms with Crippen LogP contribution in [-0.4, -0.2) is 22.7 Å². The predicted octanol–water partition coefficient (Wildman–Crippen LogP) is 3.39. The van der Waals surface area contributed by atoms with Crippen LogP contribution in [0.15, 0.2) is 42.5 Å². The molecule has 0 radical (unpaired) electrons. The largest absolute Gasteiger partial charge is 0.507 e. The fraction of sp³-hybridized carbons (Fsp3) is 0.125. The molecule has 0 fully saturated rings. The lowest BCUT2D eigenvalue weighted by Gasteiger charge is -2.08. The highest BCUT2D eigenvalue weighted by molar-refractivity contribution is 7.99. The Morgan fingerprint density at radius 3 is 2.54 bits per heavy atom. The molecule has 3 N–H and O–H groups in total. The lowest BCUT2D eigenvalue weighted by atomic mass is 10.2. The van der Waals surface area contributed by atoms with Crippen molar-refractivity contribution >= 4 is 46.8 Å². The number of nitrogens with one attached hydrogen (secondary N) is 2. The number of hydrazine groups is 1. The summed E-state index contributed by atoms with van der Waals surface area (Å²) in [6, 6.07) is 11.2. The second-order valence-corrected chi connectivity index (χ2v) is 6.58. The monoisotopic (exact) mass is 384 g/mol. The molecule has 2 aromatic rings. The number of thioether (sulfide) groups is 1. The second-order valence-electron chi connectivity index (χ2n) is 4.75. The average molecular weight is 385 g/mol. The van der Waals surface area contributed by atoms with Gasteiger partial charge in [-0.3, -0.25) is 20.4 Å². The van der Waals surface area contributed by atoms with Crippen LogP contribution in [0.1, 0.15) is 15.9 Å². The molecule has 0 bridgehead atoms. The van der Waals surface area contributed by atoms with Gasteiger partial charge in [0.2, 0.25) is 5.91 Å². The first-order valence-corrected chi connectivity index (χ1v) is 8.77. The number of amides is 2. The van der Waals surface area contributed by atoms with E-state index in [0.29, 0.717) is 15.8 Å². The molecule has 2 aromatic carbocycles. The molecular weight excluding hydrogens is 371 g/mol. The van der Waals surface area contributed by atoms with Crippen LogP contribution in [0.4, 0.5) is 0 Å². The summed E-state index contributed by atoms with van der Waals surface area (Å²) in [7, 11) is 0. The van der Waals surface area contributed by atoms with Crippen LogP contribution in [-0.2, 0) is 10.5 Å². The Labute approximate surface area is 153 Å². The van der Waals surface area contributed by atoms with Crippen LogP contribution in [0.3, 0.4) is 0 Å². The molecule has 2 rings (SSSR count). The highest BCUT2D eigenvalue weighted by Crippen LogP contribution is 2.24. The molecule has 0 saturated heterocycles. The average Bonchev–Trinajstić information content (AvgIpc) is 2.55. The molecule has 0 atom stereocenters. The molecule has 8 heteroatoms. The Morgan fingerprint density at radius 2 is 1.83 bits per heavy atom. The molecule has 126 valence electrons. The topological polar surface area (TPSA) is 78.4 Å². The molecule has 0 saturated carbocycles. The van der Waals surface area contributed by atoms with Crippen molar-refractivity contribution in [1.82, 2.24) is 10.9 Å². The smallest absolute Gasteiger partial charge is 0.273 e. The van der Waals surface area contributed by atoms with E-state index in [-0.39, 0.29) is 23.0 Å². The van der Waals surface area contributed by atoms with Crippen molar-refractivity contribution < 1.29 is 14.7 Å². The van der Waals surface area contributed by atoms with E-state index in [1.807, 2.05) is 0 Å². The van der Waals surface area contributed by atoms with E-state index < -0.39 is 5.91 Å². The third-order valence-electron chi connectivity index (χ3n) is 2.97. The summed E-state index contributed by atoms with van der Waals surface area (Å²) in [6.45, 7) is 0. The number of benzene rings is 2. The van der Waals surface area contributed by atoms with E-state index in [1.165, 1.54) is 23.9 Å². The summed E-state index contributed by atoms with van der Waals surface area (Å²) in [5, 5.41) is 10.7. The summed E-state index contributed by atoms with van der Waals surface area (Å²) >= 11 is 13.2. The van der Waals surface area contributed by atoms with Gasteiger partial charge < -0.3 is 5.11 Å². The van der Waals surface area contributed by atoms with E-state index in [4.69, 9.17) is 23.2 Å². The third-order valence-corrected chi connectivity index (χ3v) is 4.54. The van der Waals surface area contributed by atoms with E-state index in [9.17, 15) is 14.7 Å². The van der Waals surface area contributed by atoms with E-state index in [0.717, 1.165) is 5.56 Å². The highest BCUT2D eigenvalue weighted by atomic mass is 35.5. The minimum atomic E-state index is -0.591. The zero-order valence-corrected chi connectivity index (χ0v) is 14.7. The summed E-state index contributed by atoms with van der Waals surface area (Å²) in [5.74, 6) is -0.436. The lowest BCUT2D eigenvalue weighted by molar-refractivity contribution is -0.119. The summed E-state index contributed by atoms with van der Waals surface area (Å²) in [6.07, 6.45) is 0. The molecule has 0 heterocycles. The molecule has 0 aliphatic rings. The summed E-state index contributed by atoms with van der Waals surface area (Å²) in [4.78, 5) is 23.5. The van der Waals surface area contributed by atoms with Gasteiger partial charge in [0.05, 0.1) is 11.3 Å². The number of hydrogen-bond donors (Lipinski definition) is 3. The summed E-state index contributed by atoms with van der Waals surface area (Å²) in [5.41, 5.74) is 5.50. The van der Waals surface area contributed by atoms with E-state index in [2.05, 4.69) is 10.9 Å². The maximum absolute atomic E-state index is 11.8. The number of phenols is 1. The van der Waals surface area contributed by atoms with Gasteiger partial charge in [0, 0.05) is 15.8 Å². The number of aromatic hydroxyl groups is 1. The molecule has 2 amide bonds. The van der Waals surface area contributed by atoms with E-state index in [1.54, 1.807) is 30.3 Å². The molecule has 0 aliphatic carbocycles. The Bertz CT molecular complexity index is 756. The van der Waals surface area contributed by atoms with Crippen LogP contribution in [0.2, 0.25) is 10.0 Å². The first kappa shape index (κ1) is 18.4. The number of carbonyl (C=O) groups excluding carboxylic acids is 2. The Hall–Kier alpha value is -1.89. The van der Waals surface area contributed by atoms with Gasteiger partial charge in [-0.2, -0.15) is 0 Å². The van der Waals surface area contributed by atoms with Gasteiger partial charge in [-0.15, -0.1) is 11.8 Å². The van der Waals surface area contributed by atoms with E-state index >= 15 is 0 Å². The first-order chi connectivity index (χ1) is 11.5. The maximum Gasteiger partial charge on any atom is 0.273 e. The number of hydrogen-bond acceptors (Lipinski definition) is 4. The molecule has 0 aromatic heterocycles. The van der Waals surface area contributed by atoms with Crippen LogP contribution in [0, 0.1) is 0 Å². The van der Waals surface area contributed by atoms with Gasteiger partial charge in [-0.05, 0) is 29.8 Å². The van der Waals surface area contributed by atoms with Crippen molar-refractivity contribution in [3.05, 3.63) is 63.6 Å². The van der Waals surface area contributed by atoms with Gasteiger partial charge in [0.1, 0.15) is 5.75 Å². The molecule has 24 heavy (non-hydrogen) atoms. The molecule has 0 aliphatic heterocycles. The Morgan fingerprint density at radius 1 is 1.08 bits per heavy atom. The molecule has 5 nitrogen and oxygen atoms in total. The fourth-order valence-electron chi connectivity index (χ4n) is 1.79. The number of para-hydroxylation sites is 1. The van der Waals surface area contributed by atoms with Crippen molar-refractivity contribution in [3.63, 3.8) is 0 Å².